The fourth-order valence-electron chi connectivity index (χ4n) is 7.55. The van der Waals surface area contributed by atoms with Crippen LogP contribution in [-0.4, -0.2) is 41.2 Å². The average molecular weight is 722 g/mol. The highest BCUT2D eigenvalue weighted by molar-refractivity contribution is 6.02. The van der Waals surface area contributed by atoms with Gasteiger partial charge in [-0.3, -0.25) is 9.48 Å². The summed E-state index contributed by atoms with van der Waals surface area (Å²) in [5, 5.41) is 19.2. The summed E-state index contributed by atoms with van der Waals surface area (Å²) in [4.78, 5) is 18.5. The van der Waals surface area contributed by atoms with Gasteiger partial charge in [-0.15, -0.1) is 0 Å². The van der Waals surface area contributed by atoms with Crippen molar-refractivity contribution in [3.63, 3.8) is 0 Å². The smallest absolute Gasteiger partial charge is 0.293 e. The van der Waals surface area contributed by atoms with Gasteiger partial charge in [0.25, 0.3) is 12.3 Å². The van der Waals surface area contributed by atoms with Crippen LogP contribution >= 0.6 is 0 Å². The molecule has 5 aromatic rings. The van der Waals surface area contributed by atoms with Crippen LogP contribution in [0, 0.1) is 36.3 Å². The molecule has 2 aromatic carbocycles. The van der Waals surface area contributed by atoms with Crippen LogP contribution in [0.2, 0.25) is 0 Å². The summed E-state index contributed by atoms with van der Waals surface area (Å²) in [6.45, 7) is 4.71. The number of primary amides is 1. The number of pyridine rings is 1. The highest BCUT2D eigenvalue weighted by Crippen LogP contribution is 2.68. The molecule has 270 valence electrons. The quantitative estimate of drug-likeness (QED) is 0.127. The minimum absolute atomic E-state index is 0.00439. The number of hydrogen-bond acceptors (Lipinski definition) is 6. The van der Waals surface area contributed by atoms with Crippen LogP contribution in [0.4, 0.5) is 32.2 Å². The number of nitrogens with zero attached hydrogens (tertiary/aromatic N) is 5. The van der Waals surface area contributed by atoms with Gasteiger partial charge in [-0.05, 0) is 80.8 Å². The first kappa shape index (κ1) is 35.1. The molecule has 0 radical (unpaired) electrons. The van der Waals surface area contributed by atoms with Crippen molar-refractivity contribution < 1.29 is 36.2 Å². The summed E-state index contributed by atoms with van der Waals surface area (Å²) in [5.74, 6) is -4.73. The molecule has 4 atom stereocenters. The SMILES string of the molecule is Cc1ccc(-c2ccc(C#CC(C)(C)O)nc2[C@@H](Cc2cc(F)cc(F)c2)C(C(N)=O)n2nc(C(F)F)c3c2C(F)(F)[C@@H]2C[C@H]32)c2c1c(N)nn2C. The van der Waals surface area contributed by atoms with Gasteiger partial charge in [0.2, 0.25) is 5.91 Å². The Labute approximate surface area is 293 Å². The summed E-state index contributed by atoms with van der Waals surface area (Å²) >= 11 is 0. The molecule has 1 amide bonds. The third-order valence-corrected chi connectivity index (χ3v) is 9.73. The number of amides is 1. The number of alkyl halides is 4. The number of hydrogen-bond donors (Lipinski definition) is 3. The van der Waals surface area contributed by atoms with Gasteiger partial charge in [-0.2, -0.15) is 19.0 Å². The van der Waals surface area contributed by atoms with Crippen LogP contribution in [0.25, 0.3) is 22.0 Å². The van der Waals surface area contributed by atoms with Crippen molar-refractivity contribution in [1.82, 2.24) is 24.5 Å². The van der Waals surface area contributed by atoms with Gasteiger partial charge in [0.05, 0.1) is 11.2 Å². The Morgan fingerprint density at radius 3 is 2.38 bits per heavy atom. The lowest BCUT2D eigenvalue weighted by Gasteiger charge is -2.29. The lowest BCUT2D eigenvalue weighted by molar-refractivity contribution is -0.122. The van der Waals surface area contributed by atoms with E-state index < -0.39 is 77.1 Å². The molecule has 3 heterocycles. The standard InChI is InChI=1S/C37H33F6N7O2/c1-16-5-7-22(30-26(16)34(44)48-49(30)4)21-8-6-20(9-10-36(2,3)52)46-28(21)24(13-17-11-18(38)14-19(39)12-17)31(35(45)51)50-32-27(29(47-50)33(40)41)23-15-25(23)37(32,42)43/h5-8,11-12,14,23-25,31,33,52H,13,15H2,1-4H3,(H2,44,48)(H2,45,51)/t23-,24+,25+,31?/m0/s1. The number of aromatic nitrogens is 5. The maximum absolute atomic E-state index is 16.0. The number of aryl methyl sites for hydroxylation is 2. The van der Waals surface area contributed by atoms with Crippen molar-refractivity contribution in [2.45, 2.75) is 69.4 Å². The molecular weight excluding hydrogens is 688 g/mol. The largest absolute Gasteiger partial charge is 0.382 e. The molecule has 9 nitrogen and oxygen atoms in total. The molecule has 3 aromatic heterocycles. The molecule has 0 saturated heterocycles. The molecule has 1 saturated carbocycles. The van der Waals surface area contributed by atoms with Crippen molar-refractivity contribution >= 4 is 22.6 Å². The number of rotatable bonds is 8. The number of carbonyl (C=O) groups is 1. The van der Waals surface area contributed by atoms with E-state index in [1.54, 1.807) is 25.2 Å². The van der Waals surface area contributed by atoms with Crippen molar-refractivity contribution in [2.24, 2.45) is 18.7 Å². The van der Waals surface area contributed by atoms with Gasteiger partial charge in [0.1, 0.15) is 40.4 Å². The van der Waals surface area contributed by atoms with E-state index in [4.69, 9.17) is 16.5 Å². The predicted octanol–water partition coefficient (Wildman–Crippen LogP) is 6.32. The monoisotopic (exact) mass is 721 g/mol. The molecule has 2 aliphatic carbocycles. The van der Waals surface area contributed by atoms with E-state index in [1.807, 2.05) is 6.92 Å². The molecule has 1 fully saturated rings. The van der Waals surface area contributed by atoms with Crippen molar-refractivity contribution in [3.8, 4) is 23.0 Å². The normalized spacial score (nSPS) is 18.5. The van der Waals surface area contributed by atoms with Crippen LogP contribution in [0.3, 0.4) is 0 Å². The summed E-state index contributed by atoms with van der Waals surface area (Å²) in [6, 6.07) is 7.36. The van der Waals surface area contributed by atoms with Crippen LogP contribution in [0.5, 0.6) is 0 Å². The van der Waals surface area contributed by atoms with E-state index in [2.05, 4.69) is 22.0 Å². The highest BCUT2D eigenvalue weighted by Gasteiger charge is 2.67. The van der Waals surface area contributed by atoms with E-state index in [1.165, 1.54) is 24.6 Å². The van der Waals surface area contributed by atoms with Crippen LogP contribution in [0.1, 0.15) is 84.0 Å². The second kappa shape index (κ2) is 12.1. The Morgan fingerprint density at radius 2 is 1.75 bits per heavy atom. The van der Waals surface area contributed by atoms with Crippen molar-refractivity contribution in [3.05, 3.63) is 93.6 Å². The number of halogens is 6. The number of fused-ring (bicyclic) bond motifs is 4. The van der Waals surface area contributed by atoms with Gasteiger partial charge >= 0.3 is 0 Å². The molecule has 7 rings (SSSR count). The zero-order valence-corrected chi connectivity index (χ0v) is 28.4. The molecular formula is C37H33F6N7O2. The number of aliphatic hydroxyl groups is 1. The highest BCUT2D eigenvalue weighted by atomic mass is 19.3. The Balaban J connectivity index is 1.55. The molecule has 5 N–H and O–H groups in total. The summed E-state index contributed by atoms with van der Waals surface area (Å²) < 4.78 is 92.3. The summed E-state index contributed by atoms with van der Waals surface area (Å²) in [5.41, 5.74) is 10.9. The number of carbonyl (C=O) groups excluding carboxylic acids is 1. The van der Waals surface area contributed by atoms with Gasteiger partial charge in [0.15, 0.2) is 5.82 Å². The second-order valence-corrected chi connectivity index (χ2v) is 14.0. The van der Waals surface area contributed by atoms with Crippen molar-refractivity contribution in [2.75, 3.05) is 5.73 Å². The maximum atomic E-state index is 16.0. The Kier molecular flexibility index (Phi) is 8.17. The third-order valence-electron chi connectivity index (χ3n) is 9.73. The minimum Gasteiger partial charge on any atom is -0.382 e. The van der Waals surface area contributed by atoms with E-state index in [-0.39, 0.29) is 34.8 Å². The topological polar surface area (TPSA) is 138 Å². The molecule has 2 aliphatic rings. The molecule has 15 heteroatoms. The van der Waals surface area contributed by atoms with Gasteiger partial charge in [-0.25, -0.2) is 27.2 Å². The Morgan fingerprint density at radius 1 is 1.08 bits per heavy atom. The molecule has 52 heavy (non-hydrogen) atoms. The average Bonchev–Trinajstić information content (AvgIpc) is 3.58. The lowest BCUT2D eigenvalue weighted by Crippen LogP contribution is -2.37. The summed E-state index contributed by atoms with van der Waals surface area (Å²) in [6.07, 6.45) is -3.71. The zero-order chi connectivity index (χ0) is 37.6. The summed E-state index contributed by atoms with van der Waals surface area (Å²) in [7, 11) is 1.66. The van der Waals surface area contributed by atoms with Gasteiger partial charge < -0.3 is 16.6 Å². The second-order valence-electron chi connectivity index (χ2n) is 14.0. The van der Waals surface area contributed by atoms with E-state index in [0.717, 1.165) is 17.7 Å². The third kappa shape index (κ3) is 5.84. The number of nitrogens with two attached hydrogens (primary N) is 2. The Hall–Kier alpha value is -5.36. The van der Waals surface area contributed by atoms with Gasteiger partial charge in [0, 0.05) is 47.0 Å². The number of nitrogen functional groups attached to an aromatic ring is 1. The first-order chi connectivity index (χ1) is 24.4. The number of anilines is 1. The lowest BCUT2D eigenvalue weighted by atomic mass is 9.83. The van der Waals surface area contributed by atoms with Crippen molar-refractivity contribution in [1.29, 1.82) is 0 Å². The van der Waals surface area contributed by atoms with E-state index in [9.17, 15) is 27.5 Å². The molecule has 0 bridgehead atoms. The zero-order valence-electron chi connectivity index (χ0n) is 28.4. The van der Waals surface area contributed by atoms with Gasteiger partial charge in [-0.1, -0.05) is 18.1 Å². The maximum Gasteiger partial charge on any atom is 0.293 e. The first-order valence-corrected chi connectivity index (χ1v) is 16.4. The van der Waals surface area contributed by atoms with Crippen LogP contribution in [-0.2, 0) is 24.2 Å². The van der Waals surface area contributed by atoms with E-state index in [0.29, 0.717) is 32.8 Å². The predicted molar refractivity (Wildman–Crippen MR) is 179 cm³/mol. The minimum atomic E-state index is -3.63. The van der Waals surface area contributed by atoms with Crippen LogP contribution in [0.15, 0.2) is 42.5 Å². The van der Waals surface area contributed by atoms with E-state index >= 15 is 8.78 Å². The molecule has 1 unspecified atom stereocenters. The fourth-order valence-corrected chi connectivity index (χ4v) is 7.55. The molecule has 0 aliphatic heterocycles. The fraction of sp³-hybridized carbons (Fsp3) is 0.351. The first-order valence-electron chi connectivity index (χ1n) is 16.4. The molecule has 0 spiro atoms. The Bertz CT molecular complexity index is 2330. The number of benzene rings is 2. The van der Waals surface area contributed by atoms with Crippen LogP contribution < -0.4 is 11.5 Å².